The van der Waals surface area contributed by atoms with Crippen LogP contribution in [0.15, 0.2) is 47.9 Å². The van der Waals surface area contributed by atoms with E-state index < -0.39 is 32.2 Å². The summed E-state index contributed by atoms with van der Waals surface area (Å²) in [6.45, 7) is 1.90. The van der Waals surface area contributed by atoms with Gasteiger partial charge < -0.3 is 4.74 Å². The molecule has 170 valence electrons. The largest absolute Gasteiger partial charge is 0.487 e. The first-order valence-corrected chi connectivity index (χ1v) is 11.6. The molecule has 1 saturated carbocycles. The first-order chi connectivity index (χ1) is 15.2. The molecule has 2 aromatic heterocycles. The normalized spacial score (nSPS) is 21.3. The van der Waals surface area contributed by atoms with Crippen molar-refractivity contribution in [3.05, 3.63) is 60.3 Å². The summed E-state index contributed by atoms with van der Waals surface area (Å²) in [6.07, 6.45) is 7.56. The number of hydrogen-bond donors (Lipinski definition) is 1. The summed E-state index contributed by atoms with van der Waals surface area (Å²) in [5, 5.41) is 4.22. The molecule has 1 aromatic carbocycles. The zero-order chi connectivity index (χ0) is 22.9. The summed E-state index contributed by atoms with van der Waals surface area (Å²) in [5.74, 6) is -2.71. The molecular formula is C21H23F2N5O3S. The number of aryl methyl sites for hydroxylation is 1. The van der Waals surface area contributed by atoms with E-state index in [1.807, 2.05) is 24.8 Å². The molecule has 32 heavy (non-hydrogen) atoms. The Morgan fingerprint density at radius 2 is 1.94 bits per heavy atom. The van der Waals surface area contributed by atoms with E-state index in [0.29, 0.717) is 6.42 Å². The summed E-state index contributed by atoms with van der Waals surface area (Å²) in [4.78, 5) is 6.29. The Morgan fingerprint density at radius 1 is 1.19 bits per heavy atom. The molecule has 0 saturated heterocycles. The van der Waals surface area contributed by atoms with Crippen molar-refractivity contribution in [1.82, 2.24) is 19.7 Å². The van der Waals surface area contributed by atoms with Gasteiger partial charge in [-0.05, 0) is 38.3 Å². The molecule has 1 N–H and O–H groups in total. The number of anilines is 1. The molecular weight excluding hydrogens is 440 g/mol. The van der Waals surface area contributed by atoms with Gasteiger partial charge in [-0.2, -0.15) is 5.10 Å². The summed E-state index contributed by atoms with van der Waals surface area (Å²) < 4.78 is 64.7. The van der Waals surface area contributed by atoms with Crippen LogP contribution in [0.2, 0.25) is 0 Å². The molecule has 1 fully saturated rings. The van der Waals surface area contributed by atoms with Crippen LogP contribution in [0.5, 0.6) is 5.75 Å². The third-order valence-electron chi connectivity index (χ3n) is 5.78. The minimum Gasteiger partial charge on any atom is -0.487 e. The maximum Gasteiger partial charge on any atom is 0.268 e. The highest BCUT2D eigenvalue weighted by molar-refractivity contribution is 7.92. The lowest BCUT2D eigenvalue weighted by Crippen LogP contribution is -2.42. The van der Waals surface area contributed by atoms with E-state index >= 15 is 0 Å². The molecule has 8 nitrogen and oxygen atoms in total. The lowest BCUT2D eigenvalue weighted by molar-refractivity contribution is 0.0227. The van der Waals surface area contributed by atoms with Crippen molar-refractivity contribution in [2.75, 3.05) is 4.72 Å². The van der Waals surface area contributed by atoms with Crippen molar-refractivity contribution >= 4 is 15.8 Å². The minimum absolute atomic E-state index is 0.0299. The van der Waals surface area contributed by atoms with Crippen molar-refractivity contribution in [3.63, 3.8) is 0 Å². The molecule has 2 heterocycles. The van der Waals surface area contributed by atoms with Crippen LogP contribution in [0.1, 0.15) is 44.2 Å². The Labute approximate surface area is 184 Å². The van der Waals surface area contributed by atoms with Crippen LogP contribution in [0, 0.1) is 11.6 Å². The number of benzene rings is 1. The van der Waals surface area contributed by atoms with Gasteiger partial charge in [0.15, 0.2) is 4.90 Å². The molecule has 0 radical (unpaired) electrons. The number of nitrogens with one attached hydrogen (secondary N) is 1. The van der Waals surface area contributed by atoms with Crippen LogP contribution in [-0.2, 0) is 17.1 Å². The molecule has 4 rings (SSSR count). The number of rotatable bonds is 6. The van der Waals surface area contributed by atoms with Gasteiger partial charge in [0.05, 0.1) is 0 Å². The number of ether oxygens (including phenoxy) is 1. The molecule has 2 atom stereocenters. The van der Waals surface area contributed by atoms with Crippen molar-refractivity contribution in [2.45, 2.75) is 49.0 Å². The van der Waals surface area contributed by atoms with E-state index in [9.17, 15) is 17.2 Å². The van der Waals surface area contributed by atoms with Gasteiger partial charge in [-0.15, -0.1) is 0 Å². The van der Waals surface area contributed by atoms with E-state index in [1.165, 1.54) is 12.3 Å². The van der Waals surface area contributed by atoms with E-state index in [2.05, 4.69) is 15.1 Å². The standard InChI is InChI=1S/C21H23F2N5O3S/c1-21(8-4-3-5-15(21)18-6-10-26-28(18)2)31-14-11-16(22)20(17(23)12-14)32(29,30)27-19-7-9-24-13-25-19/h6-7,9-13,15H,3-5,8H2,1-2H3,(H,24,25,27)/t15-,21-/m1/s1. The van der Waals surface area contributed by atoms with Crippen LogP contribution in [0.4, 0.5) is 14.6 Å². The molecule has 0 aliphatic heterocycles. The fourth-order valence-corrected chi connectivity index (χ4v) is 5.40. The van der Waals surface area contributed by atoms with Crippen LogP contribution in [0.25, 0.3) is 0 Å². The average Bonchev–Trinajstić information content (AvgIpc) is 3.13. The number of halogens is 2. The number of aromatic nitrogens is 4. The second kappa shape index (κ2) is 8.45. The Kier molecular flexibility index (Phi) is 5.85. The van der Waals surface area contributed by atoms with Gasteiger partial charge >= 0.3 is 0 Å². The van der Waals surface area contributed by atoms with Crippen LogP contribution >= 0.6 is 0 Å². The summed E-state index contributed by atoms with van der Waals surface area (Å²) >= 11 is 0. The molecule has 11 heteroatoms. The van der Waals surface area contributed by atoms with Crippen molar-refractivity contribution in [2.24, 2.45) is 7.05 Å². The van der Waals surface area contributed by atoms with Crippen molar-refractivity contribution in [1.29, 1.82) is 0 Å². The zero-order valence-corrected chi connectivity index (χ0v) is 18.4. The van der Waals surface area contributed by atoms with Crippen LogP contribution in [-0.4, -0.2) is 33.8 Å². The first-order valence-electron chi connectivity index (χ1n) is 10.1. The fourth-order valence-electron chi connectivity index (χ4n) is 4.27. The Bertz CT molecular complexity index is 1200. The monoisotopic (exact) mass is 463 g/mol. The Hall–Kier alpha value is -3.08. The van der Waals surface area contributed by atoms with E-state index in [4.69, 9.17) is 4.74 Å². The fraction of sp³-hybridized carbons (Fsp3) is 0.381. The van der Waals surface area contributed by atoms with Crippen molar-refractivity contribution in [3.8, 4) is 5.75 Å². The second-order valence-corrected chi connectivity index (χ2v) is 9.63. The highest BCUT2D eigenvalue weighted by atomic mass is 32.2. The van der Waals surface area contributed by atoms with Gasteiger partial charge in [-0.1, -0.05) is 6.42 Å². The molecule has 0 bridgehead atoms. The van der Waals surface area contributed by atoms with Gasteiger partial charge in [-0.25, -0.2) is 27.2 Å². The highest BCUT2D eigenvalue weighted by Crippen LogP contribution is 2.44. The number of nitrogens with zero attached hydrogens (tertiary/aromatic N) is 4. The predicted octanol–water partition coefficient (Wildman–Crippen LogP) is 3.78. The molecule has 0 amide bonds. The maximum absolute atomic E-state index is 14.8. The van der Waals surface area contributed by atoms with Gasteiger partial charge in [0, 0.05) is 43.2 Å². The molecule has 1 aliphatic rings. The summed E-state index contributed by atoms with van der Waals surface area (Å²) in [5.41, 5.74) is 0.242. The minimum atomic E-state index is -4.55. The smallest absolute Gasteiger partial charge is 0.268 e. The van der Waals surface area contributed by atoms with E-state index in [-0.39, 0.29) is 17.5 Å². The topological polar surface area (TPSA) is 99.0 Å². The molecule has 0 unspecified atom stereocenters. The summed E-state index contributed by atoms with van der Waals surface area (Å²) in [6, 6.07) is 4.98. The van der Waals surface area contributed by atoms with E-state index in [0.717, 1.165) is 43.4 Å². The van der Waals surface area contributed by atoms with Crippen LogP contribution in [0.3, 0.4) is 0 Å². The maximum atomic E-state index is 14.8. The Morgan fingerprint density at radius 3 is 2.56 bits per heavy atom. The van der Waals surface area contributed by atoms with Gasteiger partial charge in [-0.3, -0.25) is 9.40 Å². The van der Waals surface area contributed by atoms with Gasteiger partial charge in [0.1, 0.15) is 35.1 Å². The zero-order valence-electron chi connectivity index (χ0n) is 17.6. The molecule has 3 aromatic rings. The third kappa shape index (κ3) is 4.29. The van der Waals surface area contributed by atoms with Gasteiger partial charge in [0.2, 0.25) is 0 Å². The van der Waals surface area contributed by atoms with Crippen LogP contribution < -0.4 is 9.46 Å². The van der Waals surface area contributed by atoms with E-state index in [1.54, 1.807) is 10.9 Å². The summed E-state index contributed by atoms with van der Waals surface area (Å²) in [7, 11) is -2.71. The lowest BCUT2D eigenvalue weighted by Gasteiger charge is -2.41. The van der Waals surface area contributed by atoms with Gasteiger partial charge in [0.25, 0.3) is 10.0 Å². The first kappa shape index (κ1) is 22.1. The Balaban J connectivity index is 1.63. The number of hydrogen-bond acceptors (Lipinski definition) is 6. The van der Waals surface area contributed by atoms with Crippen molar-refractivity contribution < 1.29 is 21.9 Å². The molecule has 0 spiro atoms. The highest BCUT2D eigenvalue weighted by Gasteiger charge is 2.41. The number of sulfonamides is 1. The average molecular weight is 464 g/mol. The SMILES string of the molecule is Cn1nccc1[C@H]1CCCC[C@@]1(C)Oc1cc(F)c(S(=O)(=O)Nc2ccncn2)c(F)c1. The third-order valence-corrected chi connectivity index (χ3v) is 7.19. The second-order valence-electron chi connectivity index (χ2n) is 8.01. The quantitative estimate of drug-likeness (QED) is 0.597. The lowest BCUT2D eigenvalue weighted by atomic mass is 9.74. The predicted molar refractivity (Wildman–Crippen MR) is 113 cm³/mol. The molecule has 1 aliphatic carbocycles.